The Labute approximate surface area is 168 Å². The van der Waals surface area contributed by atoms with Gasteiger partial charge in [-0.3, -0.25) is 4.79 Å². The smallest absolute Gasteiger partial charge is 0.340 e. The van der Waals surface area contributed by atoms with E-state index in [0.717, 1.165) is 27.5 Å². The molecule has 0 saturated carbocycles. The Balaban J connectivity index is 1.80. The van der Waals surface area contributed by atoms with Gasteiger partial charge in [0.25, 0.3) is 0 Å². The minimum Gasteiger partial charge on any atom is -0.464 e. The highest BCUT2D eigenvalue weighted by atomic mass is 16.4. The summed E-state index contributed by atoms with van der Waals surface area (Å²) in [7, 11) is 0. The minimum absolute atomic E-state index is 0.00575. The van der Waals surface area contributed by atoms with Crippen molar-refractivity contribution in [2.24, 2.45) is 5.92 Å². The molecule has 1 amide bonds. The molecule has 0 unspecified atom stereocenters. The number of hydrogen-bond acceptors (Lipinski definition) is 4. The predicted octanol–water partition coefficient (Wildman–Crippen LogP) is 4.83. The summed E-state index contributed by atoms with van der Waals surface area (Å²) in [5, 5.41) is 4.60. The molecule has 2 aromatic carbocycles. The molecule has 148 valence electrons. The average Bonchev–Trinajstić information content (AvgIpc) is 3.12. The van der Waals surface area contributed by atoms with Gasteiger partial charge < -0.3 is 14.2 Å². The lowest BCUT2D eigenvalue weighted by atomic mass is 9.99. The maximum absolute atomic E-state index is 12.5. The van der Waals surface area contributed by atoms with Crippen molar-refractivity contribution in [1.29, 1.82) is 0 Å². The molecule has 5 nitrogen and oxygen atoms in total. The van der Waals surface area contributed by atoms with Gasteiger partial charge in [-0.15, -0.1) is 0 Å². The lowest BCUT2D eigenvalue weighted by Crippen LogP contribution is -2.30. The van der Waals surface area contributed by atoms with Crippen LogP contribution in [0.3, 0.4) is 0 Å². The Bertz CT molecular complexity index is 1250. The van der Waals surface area contributed by atoms with Crippen LogP contribution < -0.4 is 10.9 Å². The predicted molar refractivity (Wildman–Crippen MR) is 114 cm³/mol. The van der Waals surface area contributed by atoms with Gasteiger partial charge in [0.2, 0.25) is 5.91 Å². The summed E-state index contributed by atoms with van der Waals surface area (Å²) < 4.78 is 11.2. The zero-order chi connectivity index (χ0) is 20.5. The second-order valence-electron chi connectivity index (χ2n) is 7.73. The second-order valence-corrected chi connectivity index (χ2v) is 7.73. The van der Waals surface area contributed by atoms with Gasteiger partial charge in [0.15, 0.2) is 0 Å². The van der Waals surface area contributed by atoms with E-state index in [-0.39, 0.29) is 12.3 Å². The van der Waals surface area contributed by atoms with Crippen molar-refractivity contribution in [1.82, 2.24) is 5.32 Å². The molecule has 29 heavy (non-hydrogen) atoms. The number of furan rings is 1. The van der Waals surface area contributed by atoms with E-state index in [1.54, 1.807) is 12.3 Å². The lowest BCUT2D eigenvalue weighted by molar-refractivity contribution is -0.120. The largest absolute Gasteiger partial charge is 0.464 e. The van der Waals surface area contributed by atoms with Crippen LogP contribution in [-0.4, -0.2) is 12.5 Å². The molecule has 5 heteroatoms. The Kier molecular flexibility index (Phi) is 4.97. The van der Waals surface area contributed by atoms with E-state index in [9.17, 15) is 9.59 Å². The molecule has 0 aliphatic rings. The molecule has 2 aromatic heterocycles. The zero-order valence-corrected chi connectivity index (χ0v) is 16.7. The van der Waals surface area contributed by atoms with Crippen LogP contribution in [0.1, 0.15) is 25.0 Å². The number of aryl methyl sites for hydroxylation is 1. The monoisotopic (exact) mass is 389 g/mol. The number of amides is 1. The summed E-state index contributed by atoms with van der Waals surface area (Å²) in [5.41, 5.74) is 3.81. The van der Waals surface area contributed by atoms with Gasteiger partial charge in [0.1, 0.15) is 11.2 Å². The van der Waals surface area contributed by atoms with Crippen LogP contribution in [-0.2, 0) is 11.2 Å². The minimum atomic E-state index is -0.483. The molecule has 0 spiro atoms. The third-order valence-electron chi connectivity index (χ3n) is 5.11. The topological polar surface area (TPSA) is 72.5 Å². The summed E-state index contributed by atoms with van der Waals surface area (Å²) in [6.45, 7) is 6.48. The molecule has 1 N–H and O–H groups in total. The van der Waals surface area contributed by atoms with Crippen molar-refractivity contribution < 1.29 is 13.6 Å². The number of carbonyl (C=O) groups is 1. The number of hydrogen-bond donors (Lipinski definition) is 1. The number of fused-ring (bicyclic) bond motifs is 2. The summed E-state index contributed by atoms with van der Waals surface area (Å²) in [4.78, 5) is 24.8. The molecule has 4 rings (SSSR count). The van der Waals surface area contributed by atoms with Crippen LogP contribution in [0.2, 0.25) is 0 Å². The van der Waals surface area contributed by atoms with Crippen LogP contribution in [0.15, 0.2) is 62.4 Å². The van der Waals surface area contributed by atoms with Crippen molar-refractivity contribution in [2.45, 2.75) is 27.2 Å². The molecule has 0 bridgehead atoms. The third kappa shape index (κ3) is 3.68. The van der Waals surface area contributed by atoms with E-state index in [2.05, 4.69) is 5.32 Å². The van der Waals surface area contributed by atoms with Gasteiger partial charge in [-0.05, 0) is 30.0 Å². The molecule has 2 heterocycles. The maximum atomic E-state index is 12.5. The SMILES string of the molecule is Cc1c(CC(=O)NCC(C)C)c(=O)oc2cc3occ(-c4ccccc4)c3cc12. The van der Waals surface area contributed by atoms with Gasteiger partial charge in [-0.2, -0.15) is 0 Å². The van der Waals surface area contributed by atoms with Gasteiger partial charge in [-0.25, -0.2) is 4.79 Å². The highest BCUT2D eigenvalue weighted by Gasteiger charge is 2.17. The van der Waals surface area contributed by atoms with Gasteiger partial charge in [0.05, 0.1) is 18.2 Å². The second kappa shape index (κ2) is 7.59. The Morgan fingerprint density at radius 2 is 1.83 bits per heavy atom. The molecule has 0 aliphatic carbocycles. The zero-order valence-electron chi connectivity index (χ0n) is 16.7. The number of nitrogens with one attached hydrogen (secondary N) is 1. The summed E-state index contributed by atoms with van der Waals surface area (Å²) in [5.74, 6) is 0.168. The van der Waals surface area contributed by atoms with Crippen LogP contribution in [0.5, 0.6) is 0 Å². The lowest BCUT2D eigenvalue weighted by Gasteiger charge is -2.10. The standard InChI is InChI=1S/C24H23NO4/c1-14(2)12-25-23(26)10-18-15(3)17-9-19-20(16-7-5-4-6-8-16)13-28-21(19)11-22(17)29-24(18)27/h4-9,11,13-14H,10,12H2,1-3H3,(H,25,26). The van der Waals surface area contributed by atoms with E-state index in [4.69, 9.17) is 8.83 Å². The first kappa shape index (κ1) is 19.0. The molecule has 0 saturated heterocycles. The van der Waals surface area contributed by atoms with E-state index in [1.807, 2.05) is 57.2 Å². The summed E-state index contributed by atoms with van der Waals surface area (Å²) in [6.07, 6.45) is 1.72. The van der Waals surface area contributed by atoms with Crippen LogP contribution in [0.4, 0.5) is 0 Å². The first-order chi connectivity index (χ1) is 13.9. The van der Waals surface area contributed by atoms with Crippen molar-refractivity contribution in [3.05, 3.63) is 70.3 Å². The van der Waals surface area contributed by atoms with Crippen LogP contribution >= 0.6 is 0 Å². The Hall–Kier alpha value is -3.34. The molecule has 4 aromatic rings. The highest BCUT2D eigenvalue weighted by molar-refractivity contribution is 6.02. The quantitative estimate of drug-likeness (QED) is 0.496. The normalized spacial score (nSPS) is 11.4. The van der Waals surface area contributed by atoms with Crippen molar-refractivity contribution in [2.75, 3.05) is 6.54 Å². The third-order valence-corrected chi connectivity index (χ3v) is 5.11. The Morgan fingerprint density at radius 1 is 1.07 bits per heavy atom. The van der Waals surface area contributed by atoms with Gasteiger partial charge >= 0.3 is 5.63 Å². The molecule has 0 radical (unpaired) electrons. The van der Waals surface area contributed by atoms with Gasteiger partial charge in [0, 0.05) is 28.9 Å². The molecule has 0 aliphatic heterocycles. The first-order valence-corrected chi connectivity index (χ1v) is 9.73. The van der Waals surface area contributed by atoms with Crippen molar-refractivity contribution in [3.63, 3.8) is 0 Å². The fourth-order valence-corrected chi connectivity index (χ4v) is 3.50. The van der Waals surface area contributed by atoms with Crippen LogP contribution in [0.25, 0.3) is 33.1 Å². The molecular formula is C24H23NO4. The van der Waals surface area contributed by atoms with E-state index >= 15 is 0 Å². The molecule has 0 fully saturated rings. The summed E-state index contributed by atoms with van der Waals surface area (Å²) >= 11 is 0. The maximum Gasteiger partial charge on any atom is 0.340 e. The molecular weight excluding hydrogens is 366 g/mol. The van der Waals surface area contributed by atoms with Crippen LogP contribution in [0, 0.1) is 12.8 Å². The number of rotatable bonds is 5. The Morgan fingerprint density at radius 3 is 2.55 bits per heavy atom. The summed E-state index contributed by atoms with van der Waals surface area (Å²) in [6, 6.07) is 13.7. The number of carbonyl (C=O) groups excluding carboxylic acids is 1. The fourth-order valence-electron chi connectivity index (χ4n) is 3.50. The van der Waals surface area contributed by atoms with E-state index in [1.165, 1.54) is 0 Å². The fraction of sp³-hybridized carbons (Fsp3) is 0.250. The van der Waals surface area contributed by atoms with Gasteiger partial charge in [-0.1, -0.05) is 44.2 Å². The van der Waals surface area contributed by atoms with Crippen molar-refractivity contribution >= 4 is 27.8 Å². The average molecular weight is 389 g/mol. The van der Waals surface area contributed by atoms with Crippen molar-refractivity contribution in [3.8, 4) is 11.1 Å². The number of benzene rings is 2. The van der Waals surface area contributed by atoms with E-state index in [0.29, 0.717) is 29.2 Å². The first-order valence-electron chi connectivity index (χ1n) is 9.73. The highest BCUT2D eigenvalue weighted by Crippen LogP contribution is 2.34. The molecule has 0 atom stereocenters. The van der Waals surface area contributed by atoms with E-state index < -0.39 is 5.63 Å².